The molecule has 0 radical (unpaired) electrons. The van der Waals surface area contributed by atoms with Crippen LogP contribution < -0.4 is 5.56 Å². The van der Waals surface area contributed by atoms with Crippen LogP contribution in [0.4, 0.5) is 0 Å². The Balaban J connectivity index is 1.78. The molecule has 0 spiro atoms. The van der Waals surface area contributed by atoms with E-state index in [1.165, 1.54) is 28.0 Å². The molecule has 130 valence electrons. The largest absolute Gasteiger partial charge is 0.294 e. The second-order valence-electron chi connectivity index (χ2n) is 6.80. The van der Waals surface area contributed by atoms with Crippen molar-refractivity contribution in [2.75, 3.05) is 0 Å². The van der Waals surface area contributed by atoms with Crippen LogP contribution in [0, 0.1) is 20.8 Å². The summed E-state index contributed by atoms with van der Waals surface area (Å²) < 4.78 is 2.42. The summed E-state index contributed by atoms with van der Waals surface area (Å²) in [4.78, 5) is 17.6. The average Bonchev–Trinajstić information content (AvgIpc) is 3.06. The van der Waals surface area contributed by atoms with E-state index in [0.29, 0.717) is 11.2 Å². The van der Waals surface area contributed by atoms with Crippen LogP contribution in [-0.2, 0) is 6.54 Å². The van der Waals surface area contributed by atoms with Gasteiger partial charge in [-0.25, -0.2) is 4.98 Å². The molecule has 4 aromatic rings. The van der Waals surface area contributed by atoms with Crippen molar-refractivity contribution < 1.29 is 0 Å². The van der Waals surface area contributed by atoms with Crippen LogP contribution in [0.1, 0.15) is 22.3 Å². The zero-order valence-corrected chi connectivity index (χ0v) is 15.9. The van der Waals surface area contributed by atoms with Crippen LogP contribution >= 0.6 is 11.3 Å². The summed E-state index contributed by atoms with van der Waals surface area (Å²) in [7, 11) is 0. The van der Waals surface area contributed by atoms with Crippen LogP contribution in [0.5, 0.6) is 0 Å². The van der Waals surface area contributed by atoms with E-state index in [9.17, 15) is 4.79 Å². The topological polar surface area (TPSA) is 34.9 Å². The number of aryl methyl sites for hydroxylation is 3. The first-order chi connectivity index (χ1) is 12.5. The monoisotopic (exact) mass is 360 g/mol. The molecule has 4 heteroatoms. The maximum absolute atomic E-state index is 13.0. The number of hydrogen-bond donors (Lipinski definition) is 0. The second kappa shape index (κ2) is 6.54. The van der Waals surface area contributed by atoms with Crippen molar-refractivity contribution in [3.05, 3.63) is 86.8 Å². The molecule has 0 saturated heterocycles. The Bertz CT molecular complexity index is 1150. The lowest BCUT2D eigenvalue weighted by Crippen LogP contribution is -2.20. The highest BCUT2D eigenvalue weighted by Crippen LogP contribution is 2.30. The Morgan fingerprint density at radius 1 is 1.00 bits per heavy atom. The lowest BCUT2D eigenvalue weighted by atomic mass is 10.1. The van der Waals surface area contributed by atoms with E-state index in [2.05, 4.69) is 68.2 Å². The third-order valence-electron chi connectivity index (χ3n) is 4.75. The van der Waals surface area contributed by atoms with Gasteiger partial charge in [0.25, 0.3) is 5.56 Å². The highest BCUT2D eigenvalue weighted by atomic mass is 32.1. The van der Waals surface area contributed by atoms with Crippen LogP contribution in [0.3, 0.4) is 0 Å². The zero-order chi connectivity index (χ0) is 18.3. The molecule has 2 aromatic carbocycles. The summed E-state index contributed by atoms with van der Waals surface area (Å²) in [6.45, 7) is 6.76. The Morgan fingerprint density at radius 2 is 1.73 bits per heavy atom. The fraction of sp³-hybridized carbons (Fsp3) is 0.182. The van der Waals surface area contributed by atoms with Gasteiger partial charge in [-0.1, -0.05) is 53.6 Å². The molecule has 0 N–H and O–H groups in total. The highest BCUT2D eigenvalue weighted by Gasteiger charge is 2.13. The first-order valence-electron chi connectivity index (χ1n) is 8.63. The van der Waals surface area contributed by atoms with Crippen molar-refractivity contribution in [1.29, 1.82) is 0 Å². The lowest BCUT2D eigenvalue weighted by Gasteiger charge is -2.09. The molecule has 0 unspecified atom stereocenters. The quantitative estimate of drug-likeness (QED) is 0.509. The van der Waals surface area contributed by atoms with Crippen molar-refractivity contribution in [1.82, 2.24) is 9.55 Å². The lowest BCUT2D eigenvalue weighted by molar-refractivity contribution is 0.745. The van der Waals surface area contributed by atoms with Gasteiger partial charge in [-0.05, 0) is 37.5 Å². The van der Waals surface area contributed by atoms with Crippen LogP contribution in [0.15, 0.2) is 59.0 Å². The molecular weight excluding hydrogens is 340 g/mol. The molecule has 3 nitrogen and oxygen atoms in total. The maximum atomic E-state index is 13.0. The van der Waals surface area contributed by atoms with Gasteiger partial charge in [0, 0.05) is 10.9 Å². The van der Waals surface area contributed by atoms with Gasteiger partial charge < -0.3 is 0 Å². The fourth-order valence-corrected chi connectivity index (χ4v) is 4.12. The third kappa shape index (κ3) is 2.97. The number of nitrogens with zero attached hydrogens (tertiary/aromatic N) is 2. The predicted molar refractivity (Wildman–Crippen MR) is 109 cm³/mol. The van der Waals surface area contributed by atoms with Gasteiger partial charge in [0.15, 0.2) is 0 Å². The molecule has 0 fully saturated rings. The summed E-state index contributed by atoms with van der Waals surface area (Å²) in [6, 6.07) is 14.7. The number of thiophene rings is 1. The van der Waals surface area contributed by atoms with E-state index in [-0.39, 0.29) is 5.56 Å². The van der Waals surface area contributed by atoms with Crippen molar-refractivity contribution in [2.24, 2.45) is 0 Å². The summed E-state index contributed by atoms with van der Waals surface area (Å²) in [6.07, 6.45) is 1.68. The van der Waals surface area contributed by atoms with Crippen molar-refractivity contribution >= 4 is 21.6 Å². The maximum Gasteiger partial charge on any atom is 0.271 e. The van der Waals surface area contributed by atoms with Gasteiger partial charge >= 0.3 is 0 Å². The minimum atomic E-state index is 0.0271. The second-order valence-corrected chi connectivity index (χ2v) is 7.68. The van der Waals surface area contributed by atoms with E-state index in [0.717, 1.165) is 22.2 Å². The fourth-order valence-electron chi connectivity index (χ4n) is 3.15. The highest BCUT2D eigenvalue weighted by molar-refractivity contribution is 7.17. The normalized spacial score (nSPS) is 11.2. The molecule has 0 saturated carbocycles. The molecule has 26 heavy (non-hydrogen) atoms. The van der Waals surface area contributed by atoms with Gasteiger partial charge in [0.1, 0.15) is 4.70 Å². The summed E-state index contributed by atoms with van der Waals surface area (Å²) in [5.74, 6) is 0. The van der Waals surface area contributed by atoms with E-state index >= 15 is 0 Å². The number of fused-ring (bicyclic) bond motifs is 1. The molecule has 0 aliphatic carbocycles. The molecule has 0 aliphatic rings. The average molecular weight is 360 g/mol. The Hall–Kier alpha value is -2.72. The number of aromatic nitrogens is 2. The summed E-state index contributed by atoms with van der Waals surface area (Å²) >= 11 is 1.48. The molecule has 0 amide bonds. The number of benzene rings is 2. The first kappa shape index (κ1) is 16.7. The van der Waals surface area contributed by atoms with Gasteiger partial charge in [-0.3, -0.25) is 9.36 Å². The molecular formula is C22H20N2OS. The van der Waals surface area contributed by atoms with E-state index < -0.39 is 0 Å². The van der Waals surface area contributed by atoms with E-state index in [4.69, 9.17) is 0 Å². The minimum absolute atomic E-state index is 0.0271. The van der Waals surface area contributed by atoms with Crippen molar-refractivity contribution in [3.63, 3.8) is 0 Å². The standard InChI is InChI=1S/C22H20N2OS/c1-14-5-8-17(9-6-14)19-12-26-21-20(19)23-13-24(22(21)25)11-18-10-15(2)4-7-16(18)3/h4-10,12-13H,11H2,1-3H3. The van der Waals surface area contributed by atoms with Gasteiger partial charge in [0.2, 0.25) is 0 Å². The molecule has 4 rings (SSSR count). The SMILES string of the molecule is Cc1ccc(-c2csc3c(=O)n(Cc4cc(C)ccc4C)cnc23)cc1. The third-order valence-corrected chi connectivity index (χ3v) is 5.71. The smallest absolute Gasteiger partial charge is 0.271 e. The van der Waals surface area contributed by atoms with E-state index in [1.807, 2.05) is 5.38 Å². The Kier molecular flexibility index (Phi) is 4.21. The van der Waals surface area contributed by atoms with Gasteiger partial charge in [0.05, 0.1) is 18.4 Å². The molecule has 2 heterocycles. The van der Waals surface area contributed by atoms with Crippen LogP contribution in [0.25, 0.3) is 21.3 Å². The van der Waals surface area contributed by atoms with Gasteiger partial charge in [-0.15, -0.1) is 11.3 Å². The molecule has 0 atom stereocenters. The minimum Gasteiger partial charge on any atom is -0.294 e. The van der Waals surface area contributed by atoms with Crippen LogP contribution in [-0.4, -0.2) is 9.55 Å². The van der Waals surface area contributed by atoms with E-state index in [1.54, 1.807) is 10.9 Å². The Labute approximate surface area is 156 Å². The number of rotatable bonds is 3. The Morgan fingerprint density at radius 3 is 2.50 bits per heavy atom. The number of hydrogen-bond acceptors (Lipinski definition) is 3. The van der Waals surface area contributed by atoms with Gasteiger partial charge in [-0.2, -0.15) is 0 Å². The van der Waals surface area contributed by atoms with Crippen LogP contribution in [0.2, 0.25) is 0 Å². The van der Waals surface area contributed by atoms with Crippen molar-refractivity contribution in [2.45, 2.75) is 27.3 Å². The molecule has 0 bridgehead atoms. The molecule has 2 aromatic heterocycles. The molecule has 0 aliphatic heterocycles. The van der Waals surface area contributed by atoms with Crippen molar-refractivity contribution in [3.8, 4) is 11.1 Å². The predicted octanol–water partition coefficient (Wildman–Crippen LogP) is 5.10. The first-order valence-corrected chi connectivity index (χ1v) is 9.51. The zero-order valence-electron chi connectivity index (χ0n) is 15.1. The summed E-state index contributed by atoms with van der Waals surface area (Å²) in [5, 5.41) is 2.03. The summed E-state index contributed by atoms with van der Waals surface area (Å²) in [5.41, 5.74) is 7.71.